The first-order chi connectivity index (χ1) is 13.6. The zero-order valence-electron chi connectivity index (χ0n) is 19.2. The SMILES string of the molecule is CC(C)(C)OC(=O)N1[C@H](C=O)COC1(C)C.CCCCCCCCC/C=C/C=O. The van der Waals surface area contributed by atoms with Crippen molar-refractivity contribution < 1.29 is 23.9 Å². The minimum absolute atomic E-state index is 0.218. The summed E-state index contributed by atoms with van der Waals surface area (Å²) in [6.45, 7) is 11.3. The molecule has 1 atom stereocenters. The smallest absolute Gasteiger partial charge is 0.413 e. The summed E-state index contributed by atoms with van der Waals surface area (Å²) < 4.78 is 10.6. The van der Waals surface area contributed by atoms with Crippen LogP contribution in [0.5, 0.6) is 0 Å². The van der Waals surface area contributed by atoms with Crippen molar-refractivity contribution in [3.05, 3.63) is 12.2 Å². The Bertz CT molecular complexity index is 508. The second-order valence-electron chi connectivity index (χ2n) is 8.79. The molecule has 0 aromatic heterocycles. The third kappa shape index (κ3) is 12.5. The van der Waals surface area contributed by atoms with E-state index in [1.54, 1.807) is 40.7 Å². The molecule has 1 amide bonds. The monoisotopic (exact) mass is 411 g/mol. The molecule has 0 aliphatic carbocycles. The van der Waals surface area contributed by atoms with Gasteiger partial charge in [-0.25, -0.2) is 4.79 Å². The number of aldehydes is 2. The Morgan fingerprint density at radius 3 is 2.21 bits per heavy atom. The normalized spacial score (nSPS) is 18.3. The van der Waals surface area contributed by atoms with E-state index >= 15 is 0 Å². The number of allylic oxidation sites excluding steroid dienone is 2. The Morgan fingerprint density at radius 1 is 1.10 bits per heavy atom. The summed E-state index contributed by atoms with van der Waals surface area (Å²) in [7, 11) is 0. The molecule has 0 bridgehead atoms. The van der Waals surface area contributed by atoms with Gasteiger partial charge in [0.05, 0.1) is 6.61 Å². The van der Waals surface area contributed by atoms with Gasteiger partial charge in [-0.05, 0) is 53.5 Å². The fraction of sp³-hybridized carbons (Fsp3) is 0.783. The Morgan fingerprint density at radius 2 is 1.69 bits per heavy atom. The molecule has 6 heteroatoms. The molecular weight excluding hydrogens is 370 g/mol. The van der Waals surface area contributed by atoms with Gasteiger partial charge in [0, 0.05) is 0 Å². The molecule has 1 rings (SSSR count). The molecule has 0 aromatic carbocycles. The summed E-state index contributed by atoms with van der Waals surface area (Å²) in [6.07, 6.45) is 15.0. The number of nitrogens with zero attached hydrogens (tertiary/aromatic N) is 1. The van der Waals surface area contributed by atoms with Crippen molar-refractivity contribution in [1.29, 1.82) is 0 Å². The van der Waals surface area contributed by atoms with E-state index in [2.05, 4.69) is 6.92 Å². The maximum atomic E-state index is 11.9. The molecule has 1 aliphatic rings. The van der Waals surface area contributed by atoms with E-state index in [0.29, 0.717) is 6.29 Å². The highest BCUT2D eigenvalue weighted by Crippen LogP contribution is 2.28. The van der Waals surface area contributed by atoms with Gasteiger partial charge in [0.2, 0.25) is 0 Å². The van der Waals surface area contributed by atoms with Crippen LogP contribution in [-0.2, 0) is 19.1 Å². The highest BCUT2D eigenvalue weighted by atomic mass is 16.6. The van der Waals surface area contributed by atoms with Crippen LogP contribution in [0.2, 0.25) is 0 Å². The molecule has 0 N–H and O–H groups in total. The number of hydrogen-bond donors (Lipinski definition) is 0. The lowest BCUT2D eigenvalue weighted by molar-refractivity contribution is -0.113. The number of unbranched alkanes of at least 4 members (excludes halogenated alkanes) is 7. The molecule has 0 radical (unpaired) electrons. The van der Waals surface area contributed by atoms with Crippen LogP contribution in [-0.4, -0.2) is 47.5 Å². The quantitative estimate of drug-likeness (QED) is 0.272. The zero-order chi connectivity index (χ0) is 22.3. The fourth-order valence-corrected chi connectivity index (χ4v) is 2.97. The number of amides is 1. The van der Waals surface area contributed by atoms with E-state index in [1.165, 1.54) is 49.8 Å². The molecule has 0 aromatic rings. The lowest BCUT2D eigenvalue weighted by Gasteiger charge is -2.33. The summed E-state index contributed by atoms with van der Waals surface area (Å²) in [6, 6.07) is -0.565. The minimum Gasteiger partial charge on any atom is -0.444 e. The van der Waals surface area contributed by atoms with Crippen LogP contribution in [0.1, 0.15) is 92.9 Å². The van der Waals surface area contributed by atoms with Crippen LogP contribution < -0.4 is 0 Å². The van der Waals surface area contributed by atoms with Crippen molar-refractivity contribution in [2.75, 3.05) is 6.61 Å². The van der Waals surface area contributed by atoms with E-state index in [4.69, 9.17) is 9.47 Å². The van der Waals surface area contributed by atoms with Gasteiger partial charge in [-0.2, -0.15) is 0 Å². The van der Waals surface area contributed by atoms with Crippen molar-refractivity contribution in [2.45, 2.75) is 110 Å². The molecular formula is C23H41NO5. The van der Waals surface area contributed by atoms with Crippen molar-refractivity contribution in [1.82, 2.24) is 4.90 Å². The Balaban J connectivity index is 0.000000555. The topological polar surface area (TPSA) is 72.9 Å². The Hall–Kier alpha value is -1.69. The van der Waals surface area contributed by atoms with Crippen LogP contribution in [0.25, 0.3) is 0 Å². The van der Waals surface area contributed by atoms with Gasteiger partial charge in [-0.3, -0.25) is 9.69 Å². The standard InChI is InChI=1S/C12H22O.C11H19NO4/c1-2-3-4-5-6-7-8-9-10-11-12-13;1-10(2,3)16-9(14)12-8(6-13)7-15-11(12,4)5/h10-12H,2-9H2,1H3;6,8H,7H2,1-5H3/b11-10+;/t;8-/m.1/s1. The molecule has 1 fully saturated rings. The number of hydrogen-bond acceptors (Lipinski definition) is 5. The van der Waals surface area contributed by atoms with E-state index in [0.717, 1.165) is 12.7 Å². The van der Waals surface area contributed by atoms with Crippen molar-refractivity contribution in [3.63, 3.8) is 0 Å². The number of ether oxygens (including phenoxy) is 2. The van der Waals surface area contributed by atoms with E-state index in [9.17, 15) is 14.4 Å². The van der Waals surface area contributed by atoms with Crippen LogP contribution in [0, 0.1) is 0 Å². The van der Waals surface area contributed by atoms with Gasteiger partial charge in [0.25, 0.3) is 0 Å². The summed E-state index contributed by atoms with van der Waals surface area (Å²) in [5.41, 5.74) is -1.38. The second kappa shape index (κ2) is 14.3. The van der Waals surface area contributed by atoms with Gasteiger partial charge in [0.15, 0.2) is 0 Å². The van der Waals surface area contributed by atoms with Crippen LogP contribution >= 0.6 is 0 Å². The Labute approximate surface area is 177 Å². The number of carbonyl (C=O) groups is 3. The van der Waals surface area contributed by atoms with Crippen LogP contribution in [0.4, 0.5) is 4.79 Å². The molecule has 6 nitrogen and oxygen atoms in total. The lowest BCUT2D eigenvalue weighted by atomic mass is 10.1. The third-order valence-electron chi connectivity index (χ3n) is 4.46. The Kier molecular flexibility index (Phi) is 13.5. The minimum atomic E-state index is -0.798. The molecule has 0 saturated carbocycles. The van der Waals surface area contributed by atoms with Crippen LogP contribution in [0.15, 0.2) is 12.2 Å². The average Bonchev–Trinajstić information content (AvgIpc) is 2.94. The first-order valence-corrected chi connectivity index (χ1v) is 10.8. The van der Waals surface area contributed by atoms with Gasteiger partial charge >= 0.3 is 6.09 Å². The highest BCUT2D eigenvalue weighted by Gasteiger charge is 2.45. The first kappa shape index (κ1) is 27.3. The molecule has 168 valence electrons. The molecule has 29 heavy (non-hydrogen) atoms. The van der Waals surface area contributed by atoms with Gasteiger partial charge in [-0.1, -0.05) is 51.5 Å². The number of rotatable bonds is 10. The summed E-state index contributed by atoms with van der Waals surface area (Å²) >= 11 is 0. The lowest BCUT2D eigenvalue weighted by Crippen LogP contribution is -2.50. The van der Waals surface area contributed by atoms with E-state index in [1.807, 2.05) is 6.08 Å². The maximum absolute atomic E-state index is 11.9. The molecule has 1 saturated heterocycles. The first-order valence-electron chi connectivity index (χ1n) is 10.8. The fourth-order valence-electron chi connectivity index (χ4n) is 2.97. The van der Waals surface area contributed by atoms with Gasteiger partial charge in [0.1, 0.15) is 29.9 Å². The van der Waals surface area contributed by atoms with Gasteiger partial charge in [-0.15, -0.1) is 0 Å². The largest absolute Gasteiger partial charge is 0.444 e. The second-order valence-corrected chi connectivity index (χ2v) is 8.79. The van der Waals surface area contributed by atoms with Crippen molar-refractivity contribution in [2.24, 2.45) is 0 Å². The number of carbonyl (C=O) groups excluding carboxylic acids is 3. The molecule has 0 spiro atoms. The van der Waals surface area contributed by atoms with E-state index in [-0.39, 0.29) is 6.61 Å². The summed E-state index contributed by atoms with van der Waals surface area (Å²) in [5.74, 6) is 0. The summed E-state index contributed by atoms with van der Waals surface area (Å²) in [4.78, 5) is 34.0. The van der Waals surface area contributed by atoms with Crippen LogP contribution in [0.3, 0.4) is 0 Å². The van der Waals surface area contributed by atoms with E-state index < -0.39 is 23.5 Å². The predicted octanol–water partition coefficient (Wildman–Crippen LogP) is 5.44. The van der Waals surface area contributed by atoms with Gasteiger partial charge < -0.3 is 14.3 Å². The third-order valence-corrected chi connectivity index (χ3v) is 4.46. The molecule has 0 unspecified atom stereocenters. The molecule has 1 heterocycles. The molecule has 1 aliphatic heterocycles. The van der Waals surface area contributed by atoms with Crippen molar-refractivity contribution in [3.8, 4) is 0 Å². The maximum Gasteiger partial charge on any atom is 0.413 e. The summed E-state index contributed by atoms with van der Waals surface area (Å²) in [5, 5.41) is 0. The average molecular weight is 412 g/mol. The van der Waals surface area contributed by atoms with Crippen molar-refractivity contribution >= 4 is 18.7 Å². The zero-order valence-corrected chi connectivity index (χ0v) is 19.2. The highest BCUT2D eigenvalue weighted by molar-refractivity contribution is 5.75. The predicted molar refractivity (Wildman–Crippen MR) is 116 cm³/mol.